The van der Waals surface area contributed by atoms with Crippen LogP contribution in [0.2, 0.25) is 0 Å². The van der Waals surface area contributed by atoms with Crippen LogP contribution in [-0.4, -0.2) is 22.6 Å². The summed E-state index contributed by atoms with van der Waals surface area (Å²) in [4.78, 5) is 11.3. The third kappa shape index (κ3) is 3.23. The molecule has 82 valence electrons. The van der Waals surface area contributed by atoms with E-state index in [1.54, 1.807) is 6.08 Å². The van der Waals surface area contributed by atoms with Crippen molar-refractivity contribution in [2.75, 3.05) is 6.54 Å². The maximum Gasteiger partial charge on any atom is 0.220 e. The Labute approximate surface area is 89.8 Å². The molecule has 1 aromatic heterocycles. The molecular formula is C11H17N3O. The van der Waals surface area contributed by atoms with E-state index in [-0.39, 0.29) is 5.91 Å². The maximum atomic E-state index is 11.3. The first-order valence-electron chi connectivity index (χ1n) is 5.03. The fraction of sp³-hybridized carbons (Fsp3) is 0.455. The van der Waals surface area contributed by atoms with Gasteiger partial charge >= 0.3 is 0 Å². The molecule has 0 aliphatic rings. The molecule has 4 heteroatoms. The number of carbonyl (C=O) groups is 1. The molecule has 0 atom stereocenters. The second kappa shape index (κ2) is 5.34. The van der Waals surface area contributed by atoms with E-state index >= 15 is 0 Å². The Kier molecular flexibility index (Phi) is 4.09. The molecular weight excluding hydrogens is 190 g/mol. The molecule has 0 aliphatic carbocycles. The molecule has 1 aromatic rings. The van der Waals surface area contributed by atoms with Crippen molar-refractivity contribution in [2.24, 2.45) is 0 Å². The minimum absolute atomic E-state index is 0.0508. The van der Waals surface area contributed by atoms with Crippen LogP contribution in [0.4, 0.5) is 0 Å². The van der Waals surface area contributed by atoms with Gasteiger partial charge in [-0.05, 0) is 25.8 Å². The van der Waals surface area contributed by atoms with Crippen LogP contribution in [0.1, 0.15) is 23.4 Å². The molecule has 0 unspecified atom stereocenters. The molecule has 4 nitrogen and oxygen atoms in total. The van der Waals surface area contributed by atoms with E-state index in [4.69, 9.17) is 0 Å². The van der Waals surface area contributed by atoms with Crippen molar-refractivity contribution in [2.45, 2.75) is 26.7 Å². The number of aryl methyl sites for hydroxylation is 2. The molecule has 0 saturated heterocycles. The summed E-state index contributed by atoms with van der Waals surface area (Å²) in [6.07, 6.45) is 2.90. The summed E-state index contributed by atoms with van der Waals surface area (Å²) < 4.78 is 0. The van der Waals surface area contributed by atoms with Crippen LogP contribution in [0.5, 0.6) is 0 Å². The summed E-state index contributed by atoms with van der Waals surface area (Å²) >= 11 is 0. The van der Waals surface area contributed by atoms with Gasteiger partial charge in [0, 0.05) is 18.7 Å². The Morgan fingerprint density at radius 1 is 1.60 bits per heavy atom. The highest BCUT2D eigenvalue weighted by molar-refractivity contribution is 5.76. The molecule has 2 N–H and O–H groups in total. The van der Waals surface area contributed by atoms with E-state index in [2.05, 4.69) is 22.1 Å². The van der Waals surface area contributed by atoms with Crippen LogP contribution >= 0.6 is 0 Å². The summed E-state index contributed by atoms with van der Waals surface area (Å²) in [7, 11) is 0. The van der Waals surface area contributed by atoms with E-state index in [1.165, 1.54) is 0 Å². The van der Waals surface area contributed by atoms with Crippen molar-refractivity contribution in [1.29, 1.82) is 0 Å². The average molecular weight is 207 g/mol. The first-order valence-corrected chi connectivity index (χ1v) is 5.03. The van der Waals surface area contributed by atoms with E-state index in [1.807, 2.05) is 13.8 Å². The summed E-state index contributed by atoms with van der Waals surface area (Å²) in [5.74, 6) is 0.0508. The first kappa shape index (κ1) is 11.5. The molecule has 1 heterocycles. The van der Waals surface area contributed by atoms with Crippen LogP contribution in [0, 0.1) is 13.8 Å². The van der Waals surface area contributed by atoms with Crippen molar-refractivity contribution >= 4 is 5.91 Å². The molecule has 0 aliphatic heterocycles. The highest BCUT2D eigenvalue weighted by atomic mass is 16.1. The van der Waals surface area contributed by atoms with Crippen LogP contribution in [-0.2, 0) is 11.2 Å². The Morgan fingerprint density at radius 2 is 2.33 bits per heavy atom. The summed E-state index contributed by atoms with van der Waals surface area (Å²) in [5, 5.41) is 9.74. The van der Waals surface area contributed by atoms with Gasteiger partial charge in [0.05, 0.1) is 5.69 Å². The lowest BCUT2D eigenvalue weighted by Gasteiger charge is -2.02. The van der Waals surface area contributed by atoms with Crippen LogP contribution in [0.25, 0.3) is 0 Å². The van der Waals surface area contributed by atoms with Gasteiger partial charge in [0.15, 0.2) is 0 Å². The molecule has 0 radical (unpaired) electrons. The summed E-state index contributed by atoms with van der Waals surface area (Å²) in [6.45, 7) is 7.99. The fourth-order valence-electron chi connectivity index (χ4n) is 1.46. The number of amides is 1. The fourth-order valence-corrected chi connectivity index (χ4v) is 1.46. The normalized spacial score (nSPS) is 10.0. The topological polar surface area (TPSA) is 57.8 Å². The van der Waals surface area contributed by atoms with Gasteiger partial charge in [-0.3, -0.25) is 9.89 Å². The number of hydrogen-bond acceptors (Lipinski definition) is 2. The number of aromatic nitrogens is 2. The van der Waals surface area contributed by atoms with Crippen LogP contribution in [0.3, 0.4) is 0 Å². The lowest BCUT2D eigenvalue weighted by molar-refractivity contribution is -0.120. The van der Waals surface area contributed by atoms with Crippen molar-refractivity contribution in [3.8, 4) is 0 Å². The van der Waals surface area contributed by atoms with Gasteiger partial charge in [0.1, 0.15) is 0 Å². The third-order valence-corrected chi connectivity index (χ3v) is 2.33. The quantitative estimate of drug-likeness (QED) is 0.714. The minimum atomic E-state index is 0.0508. The van der Waals surface area contributed by atoms with Crippen LogP contribution in [0.15, 0.2) is 12.7 Å². The zero-order chi connectivity index (χ0) is 11.3. The van der Waals surface area contributed by atoms with Gasteiger partial charge in [-0.25, -0.2) is 0 Å². The van der Waals surface area contributed by atoms with E-state index in [9.17, 15) is 4.79 Å². The summed E-state index contributed by atoms with van der Waals surface area (Å²) in [6, 6.07) is 0. The molecule has 15 heavy (non-hydrogen) atoms. The number of aromatic amines is 1. The second-order valence-corrected chi connectivity index (χ2v) is 3.51. The Balaban J connectivity index is 2.43. The predicted molar refractivity (Wildman–Crippen MR) is 59.6 cm³/mol. The Morgan fingerprint density at radius 3 is 2.87 bits per heavy atom. The number of nitrogens with one attached hydrogen (secondary N) is 2. The SMILES string of the molecule is C=CCNC(=O)CCc1c(C)n[nH]c1C. The number of carbonyl (C=O) groups excluding carboxylic acids is 1. The van der Waals surface area contributed by atoms with Crippen molar-refractivity contribution in [3.05, 3.63) is 29.6 Å². The number of hydrogen-bond donors (Lipinski definition) is 2. The molecule has 0 saturated carbocycles. The third-order valence-electron chi connectivity index (χ3n) is 2.33. The van der Waals surface area contributed by atoms with Crippen LogP contribution < -0.4 is 5.32 Å². The maximum absolute atomic E-state index is 11.3. The van der Waals surface area contributed by atoms with Gasteiger partial charge in [-0.2, -0.15) is 5.10 Å². The van der Waals surface area contributed by atoms with Gasteiger partial charge in [-0.1, -0.05) is 6.08 Å². The zero-order valence-corrected chi connectivity index (χ0v) is 9.26. The van der Waals surface area contributed by atoms with E-state index in [0.717, 1.165) is 23.4 Å². The van der Waals surface area contributed by atoms with E-state index < -0.39 is 0 Å². The molecule has 1 rings (SSSR count). The van der Waals surface area contributed by atoms with Gasteiger partial charge in [0.25, 0.3) is 0 Å². The predicted octanol–water partition coefficient (Wildman–Crippen LogP) is 1.26. The number of rotatable bonds is 5. The summed E-state index contributed by atoms with van der Waals surface area (Å²) in [5.41, 5.74) is 3.16. The Bertz CT molecular complexity index is 335. The lowest BCUT2D eigenvalue weighted by Crippen LogP contribution is -2.23. The number of nitrogens with zero attached hydrogens (tertiary/aromatic N) is 1. The highest BCUT2D eigenvalue weighted by Gasteiger charge is 2.08. The van der Waals surface area contributed by atoms with E-state index in [0.29, 0.717) is 13.0 Å². The van der Waals surface area contributed by atoms with Gasteiger partial charge in [-0.15, -0.1) is 6.58 Å². The molecule has 0 fully saturated rings. The highest BCUT2D eigenvalue weighted by Crippen LogP contribution is 2.11. The van der Waals surface area contributed by atoms with Gasteiger partial charge in [0.2, 0.25) is 5.91 Å². The van der Waals surface area contributed by atoms with Crippen molar-refractivity contribution < 1.29 is 4.79 Å². The largest absolute Gasteiger partial charge is 0.353 e. The Hall–Kier alpha value is -1.58. The molecule has 0 bridgehead atoms. The monoisotopic (exact) mass is 207 g/mol. The van der Waals surface area contributed by atoms with Crippen molar-refractivity contribution in [3.63, 3.8) is 0 Å². The minimum Gasteiger partial charge on any atom is -0.353 e. The zero-order valence-electron chi connectivity index (χ0n) is 9.26. The smallest absolute Gasteiger partial charge is 0.220 e. The average Bonchev–Trinajstić information content (AvgIpc) is 2.53. The number of H-pyrrole nitrogens is 1. The second-order valence-electron chi connectivity index (χ2n) is 3.51. The van der Waals surface area contributed by atoms with Gasteiger partial charge < -0.3 is 5.32 Å². The molecule has 1 amide bonds. The molecule has 0 aromatic carbocycles. The first-order chi connectivity index (χ1) is 7.15. The van der Waals surface area contributed by atoms with Crippen molar-refractivity contribution in [1.82, 2.24) is 15.5 Å². The molecule has 0 spiro atoms. The standard InChI is InChI=1S/C11H17N3O/c1-4-7-12-11(15)6-5-10-8(2)13-14-9(10)3/h4H,1,5-7H2,2-3H3,(H,12,15)(H,13,14). The lowest BCUT2D eigenvalue weighted by atomic mass is 10.1.